The Bertz CT molecular complexity index is 600. The van der Waals surface area contributed by atoms with E-state index in [0.29, 0.717) is 24.9 Å². The highest BCUT2D eigenvalue weighted by atomic mass is 16.4. The molecular formula is C16H20N2O4. The normalized spacial score (nSPS) is 16.6. The van der Waals surface area contributed by atoms with Gasteiger partial charge in [-0.1, -0.05) is 25.1 Å². The third-order valence-electron chi connectivity index (χ3n) is 4.00. The van der Waals surface area contributed by atoms with Crippen molar-refractivity contribution in [1.29, 1.82) is 0 Å². The Hall–Kier alpha value is -2.37. The maximum absolute atomic E-state index is 12.5. The Morgan fingerprint density at radius 2 is 2.05 bits per heavy atom. The van der Waals surface area contributed by atoms with E-state index in [-0.39, 0.29) is 5.91 Å². The molecule has 2 amide bonds. The standard InChI is InChI=1S/C16H20N2O4/c1-3-13(16(21)22)17-14(19)10(2)18-9-8-11-6-4-5-7-12(11)15(18)20/h4-7,10,13H,3,8-9H2,1-2H3,(H,17,19)(H,21,22)/t10-,13?/m0/s1. The fourth-order valence-corrected chi connectivity index (χ4v) is 2.59. The van der Waals surface area contributed by atoms with E-state index in [1.54, 1.807) is 26.0 Å². The van der Waals surface area contributed by atoms with Crippen LogP contribution in [0.3, 0.4) is 0 Å². The van der Waals surface area contributed by atoms with Crippen LogP contribution in [0, 0.1) is 0 Å². The number of carbonyl (C=O) groups excluding carboxylic acids is 2. The van der Waals surface area contributed by atoms with Gasteiger partial charge in [0.15, 0.2) is 0 Å². The van der Waals surface area contributed by atoms with Gasteiger partial charge in [-0.05, 0) is 31.4 Å². The number of carboxylic acid groups (broad SMARTS) is 1. The number of fused-ring (bicyclic) bond motifs is 1. The number of carbonyl (C=O) groups is 3. The summed E-state index contributed by atoms with van der Waals surface area (Å²) < 4.78 is 0. The number of hydrogen-bond acceptors (Lipinski definition) is 3. The molecule has 2 rings (SSSR count). The number of hydrogen-bond donors (Lipinski definition) is 2. The second-order valence-corrected chi connectivity index (χ2v) is 5.39. The number of carboxylic acids is 1. The summed E-state index contributed by atoms with van der Waals surface area (Å²) >= 11 is 0. The molecule has 6 nitrogen and oxygen atoms in total. The highest BCUT2D eigenvalue weighted by molar-refractivity contribution is 5.99. The molecule has 0 spiro atoms. The maximum atomic E-state index is 12.5. The topological polar surface area (TPSA) is 86.7 Å². The van der Waals surface area contributed by atoms with Crippen LogP contribution in [0.1, 0.15) is 36.2 Å². The summed E-state index contributed by atoms with van der Waals surface area (Å²) in [5.74, 6) is -1.70. The smallest absolute Gasteiger partial charge is 0.326 e. The lowest BCUT2D eigenvalue weighted by atomic mass is 9.98. The van der Waals surface area contributed by atoms with Crippen molar-refractivity contribution in [3.63, 3.8) is 0 Å². The minimum Gasteiger partial charge on any atom is -0.480 e. The van der Waals surface area contributed by atoms with Crippen LogP contribution in [0.5, 0.6) is 0 Å². The van der Waals surface area contributed by atoms with Crippen molar-refractivity contribution in [2.45, 2.75) is 38.8 Å². The van der Waals surface area contributed by atoms with Crippen LogP contribution in [-0.4, -0.2) is 46.4 Å². The molecule has 2 atom stereocenters. The lowest BCUT2D eigenvalue weighted by Gasteiger charge is -2.33. The summed E-state index contributed by atoms with van der Waals surface area (Å²) in [4.78, 5) is 37.2. The average Bonchev–Trinajstić information content (AvgIpc) is 2.52. The van der Waals surface area contributed by atoms with Gasteiger partial charge in [-0.15, -0.1) is 0 Å². The van der Waals surface area contributed by atoms with Crippen molar-refractivity contribution >= 4 is 17.8 Å². The van der Waals surface area contributed by atoms with E-state index in [0.717, 1.165) is 5.56 Å². The predicted molar refractivity (Wildman–Crippen MR) is 80.5 cm³/mol. The molecule has 6 heteroatoms. The van der Waals surface area contributed by atoms with Gasteiger partial charge in [0.25, 0.3) is 5.91 Å². The van der Waals surface area contributed by atoms with E-state index in [1.807, 2.05) is 12.1 Å². The van der Waals surface area contributed by atoms with Crippen molar-refractivity contribution in [2.75, 3.05) is 6.54 Å². The molecule has 0 bridgehead atoms. The molecular weight excluding hydrogens is 284 g/mol. The Morgan fingerprint density at radius 1 is 1.36 bits per heavy atom. The van der Waals surface area contributed by atoms with E-state index in [4.69, 9.17) is 5.11 Å². The van der Waals surface area contributed by atoms with Gasteiger partial charge in [-0.2, -0.15) is 0 Å². The van der Waals surface area contributed by atoms with Crippen molar-refractivity contribution in [2.24, 2.45) is 0 Å². The molecule has 1 aromatic carbocycles. The van der Waals surface area contributed by atoms with Gasteiger partial charge >= 0.3 is 5.97 Å². The number of amides is 2. The van der Waals surface area contributed by atoms with Crippen molar-refractivity contribution in [3.8, 4) is 0 Å². The SMILES string of the molecule is CCC(NC(=O)[C@H](C)N1CCc2ccccc2C1=O)C(=O)O. The minimum atomic E-state index is -1.07. The van der Waals surface area contributed by atoms with E-state index in [2.05, 4.69) is 5.32 Å². The summed E-state index contributed by atoms with van der Waals surface area (Å²) in [6, 6.07) is 5.71. The molecule has 2 N–H and O–H groups in total. The van der Waals surface area contributed by atoms with Crippen LogP contribution in [-0.2, 0) is 16.0 Å². The van der Waals surface area contributed by atoms with Crippen molar-refractivity contribution < 1.29 is 19.5 Å². The van der Waals surface area contributed by atoms with Gasteiger partial charge in [0, 0.05) is 12.1 Å². The molecule has 0 aromatic heterocycles. The van der Waals surface area contributed by atoms with Gasteiger partial charge in [-0.3, -0.25) is 9.59 Å². The molecule has 0 aliphatic carbocycles. The van der Waals surface area contributed by atoms with Crippen LogP contribution in [0.25, 0.3) is 0 Å². The molecule has 0 fully saturated rings. The number of nitrogens with one attached hydrogen (secondary N) is 1. The van der Waals surface area contributed by atoms with E-state index < -0.39 is 24.0 Å². The minimum absolute atomic E-state index is 0.187. The Labute approximate surface area is 129 Å². The molecule has 1 heterocycles. The third-order valence-corrected chi connectivity index (χ3v) is 4.00. The maximum Gasteiger partial charge on any atom is 0.326 e. The third kappa shape index (κ3) is 3.10. The first-order chi connectivity index (χ1) is 10.5. The molecule has 118 valence electrons. The lowest BCUT2D eigenvalue weighted by molar-refractivity contribution is -0.142. The van der Waals surface area contributed by atoms with Gasteiger partial charge in [0.1, 0.15) is 12.1 Å². The second kappa shape index (κ2) is 6.60. The quantitative estimate of drug-likeness (QED) is 0.851. The summed E-state index contributed by atoms with van der Waals surface area (Å²) in [7, 11) is 0. The fraction of sp³-hybridized carbons (Fsp3) is 0.438. The summed E-state index contributed by atoms with van der Waals surface area (Å²) in [5, 5.41) is 11.5. The zero-order valence-electron chi connectivity index (χ0n) is 12.7. The van der Waals surface area contributed by atoms with Crippen LogP contribution < -0.4 is 5.32 Å². The van der Waals surface area contributed by atoms with Crippen molar-refractivity contribution in [1.82, 2.24) is 10.2 Å². The first-order valence-corrected chi connectivity index (χ1v) is 7.37. The zero-order valence-corrected chi connectivity index (χ0v) is 12.7. The molecule has 0 saturated heterocycles. The van der Waals surface area contributed by atoms with E-state index in [1.165, 1.54) is 4.90 Å². The zero-order chi connectivity index (χ0) is 16.3. The van der Waals surface area contributed by atoms with Crippen LogP contribution in [0.2, 0.25) is 0 Å². The molecule has 1 aliphatic rings. The monoisotopic (exact) mass is 304 g/mol. The van der Waals surface area contributed by atoms with Crippen LogP contribution in [0.4, 0.5) is 0 Å². The first kappa shape index (κ1) is 16.0. The average molecular weight is 304 g/mol. The molecule has 22 heavy (non-hydrogen) atoms. The Morgan fingerprint density at radius 3 is 2.68 bits per heavy atom. The number of aliphatic carboxylic acids is 1. The van der Waals surface area contributed by atoms with E-state index >= 15 is 0 Å². The lowest BCUT2D eigenvalue weighted by Crippen LogP contribution is -2.53. The number of benzene rings is 1. The van der Waals surface area contributed by atoms with Gasteiger partial charge < -0.3 is 15.3 Å². The first-order valence-electron chi connectivity index (χ1n) is 7.37. The Balaban J connectivity index is 2.10. The number of rotatable bonds is 5. The number of nitrogens with zero attached hydrogens (tertiary/aromatic N) is 1. The van der Waals surface area contributed by atoms with Crippen molar-refractivity contribution in [3.05, 3.63) is 35.4 Å². The summed E-state index contributed by atoms with van der Waals surface area (Å²) in [6.45, 7) is 3.76. The summed E-state index contributed by atoms with van der Waals surface area (Å²) in [6.07, 6.45) is 0.986. The Kier molecular flexibility index (Phi) is 4.80. The molecule has 0 radical (unpaired) electrons. The summed E-state index contributed by atoms with van der Waals surface area (Å²) in [5.41, 5.74) is 1.59. The van der Waals surface area contributed by atoms with E-state index in [9.17, 15) is 14.4 Å². The molecule has 1 aromatic rings. The van der Waals surface area contributed by atoms with Gasteiger partial charge in [-0.25, -0.2) is 4.79 Å². The highest BCUT2D eigenvalue weighted by Gasteiger charge is 2.32. The molecule has 0 saturated carbocycles. The second-order valence-electron chi connectivity index (χ2n) is 5.39. The molecule has 1 unspecified atom stereocenters. The highest BCUT2D eigenvalue weighted by Crippen LogP contribution is 2.20. The molecule has 1 aliphatic heterocycles. The fourth-order valence-electron chi connectivity index (χ4n) is 2.59. The van der Waals surface area contributed by atoms with Gasteiger partial charge in [0.05, 0.1) is 0 Å². The van der Waals surface area contributed by atoms with Crippen LogP contribution >= 0.6 is 0 Å². The predicted octanol–water partition coefficient (Wildman–Crippen LogP) is 1.05. The van der Waals surface area contributed by atoms with Crippen LogP contribution in [0.15, 0.2) is 24.3 Å². The van der Waals surface area contributed by atoms with Gasteiger partial charge in [0.2, 0.25) is 5.91 Å². The largest absolute Gasteiger partial charge is 0.480 e.